The van der Waals surface area contributed by atoms with E-state index in [0.717, 1.165) is 15.7 Å². The fourth-order valence-corrected chi connectivity index (χ4v) is 6.85. The second-order valence-electron chi connectivity index (χ2n) is 8.60. The number of aromatic nitrogens is 1. The van der Waals surface area contributed by atoms with Crippen LogP contribution >= 0.6 is 23.4 Å². The van der Waals surface area contributed by atoms with Gasteiger partial charge in [0.25, 0.3) is 15.6 Å². The maximum absolute atomic E-state index is 11.8. The summed E-state index contributed by atoms with van der Waals surface area (Å²) in [6.07, 6.45) is 3.81. The Balaban J connectivity index is 0.00000220. The molecule has 3 aromatic carbocycles. The minimum atomic E-state index is -4.68. The number of fused-ring (bicyclic) bond motifs is 4. The van der Waals surface area contributed by atoms with Crippen LogP contribution in [0.4, 0.5) is 5.69 Å². The van der Waals surface area contributed by atoms with Crippen LogP contribution in [0.1, 0.15) is 20.7 Å². The van der Waals surface area contributed by atoms with E-state index in [9.17, 15) is 25.9 Å². The van der Waals surface area contributed by atoms with Crippen LogP contribution in [-0.4, -0.2) is 31.8 Å². The molecule has 0 unspecified atom stereocenters. The van der Waals surface area contributed by atoms with Crippen LogP contribution in [0.25, 0.3) is 27.9 Å². The molecule has 1 N–H and O–H groups in total. The number of halogens is 1. The smallest absolute Gasteiger partial charge is 1.00 e. The zero-order valence-corrected chi connectivity index (χ0v) is 26.1. The van der Waals surface area contributed by atoms with E-state index in [1.165, 1.54) is 21.2 Å². The van der Waals surface area contributed by atoms with E-state index in [4.69, 9.17) is 16.0 Å². The quantitative estimate of drug-likeness (QED) is 0.189. The van der Waals surface area contributed by atoms with Gasteiger partial charge >= 0.3 is 35.4 Å². The molecular weight excluding hydrogens is 595 g/mol. The monoisotopic (exact) mass is 616 g/mol. The van der Waals surface area contributed by atoms with Crippen molar-refractivity contribution >= 4 is 77.2 Å². The standard InChI is InChI=1S/C25H21ClN2O7S3.Na.H/c1-2-16(12-24-27(14-37(29,30)31)20-13-18(26)8-10-22(20)36-24)11-23-28(15-38(32,33)34)25-19-6-4-3-5-17(19)7-9-21(25)35-23;;/h3-13H,2,14-15H2,1H3,(H-,29,30,31,32,33,34);;/q;+1;-1. The molecule has 0 bridgehead atoms. The predicted octanol–water partition coefficient (Wildman–Crippen LogP) is 2.24. The van der Waals surface area contributed by atoms with Crippen molar-refractivity contribution in [2.75, 3.05) is 10.8 Å². The van der Waals surface area contributed by atoms with Gasteiger partial charge in [-0.25, -0.2) is 8.42 Å². The maximum atomic E-state index is 11.8. The van der Waals surface area contributed by atoms with Crippen molar-refractivity contribution in [2.24, 2.45) is 0 Å². The normalized spacial score (nSPS) is 15.2. The van der Waals surface area contributed by atoms with E-state index in [0.29, 0.717) is 38.8 Å². The molecule has 0 fully saturated rings. The number of anilines is 1. The fraction of sp³-hybridized carbons (Fsp3) is 0.160. The molecule has 1 aliphatic heterocycles. The van der Waals surface area contributed by atoms with Crippen molar-refractivity contribution < 1.29 is 65.9 Å². The summed E-state index contributed by atoms with van der Waals surface area (Å²) in [7, 11) is -9.05. The first kappa shape index (κ1) is 30.1. The summed E-state index contributed by atoms with van der Waals surface area (Å²) < 4.78 is 76.0. The molecule has 1 aliphatic rings. The van der Waals surface area contributed by atoms with Gasteiger partial charge < -0.3 is 15.3 Å². The van der Waals surface area contributed by atoms with E-state index in [-0.39, 0.29) is 36.9 Å². The number of benzene rings is 3. The van der Waals surface area contributed by atoms with Crippen molar-refractivity contribution in [2.45, 2.75) is 24.1 Å². The third-order valence-electron chi connectivity index (χ3n) is 5.91. The van der Waals surface area contributed by atoms with Crippen LogP contribution in [0.5, 0.6) is 0 Å². The molecule has 0 atom stereocenters. The Morgan fingerprint density at radius 2 is 1.92 bits per heavy atom. The van der Waals surface area contributed by atoms with E-state index in [2.05, 4.69) is 0 Å². The minimum absolute atomic E-state index is 0. The van der Waals surface area contributed by atoms with Crippen molar-refractivity contribution in [1.29, 1.82) is 0 Å². The number of rotatable bonds is 7. The summed E-state index contributed by atoms with van der Waals surface area (Å²) in [5, 5.41) is 2.50. The SMILES string of the molecule is CCC(=Cc1oc2ccc3ccccc3c2[n+]1CS(=O)(=O)[O-])C=C1Sc2ccc(Cl)cc2N1CS(=O)(=O)O.[H-].[Na+]. The van der Waals surface area contributed by atoms with E-state index in [1.807, 2.05) is 37.3 Å². The number of hydrogen-bond acceptors (Lipinski definition) is 8. The van der Waals surface area contributed by atoms with Crippen LogP contribution in [0, 0.1) is 0 Å². The Morgan fingerprint density at radius 3 is 2.62 bits per heavy atom. The summed E-state index contributed by atoms with van der Waals surface area (Å²) in [5.74, 6) is -1.36. The number of nitrogens with zero attached hydrogens (tertiary/aromatic N) is 2. The molecule has 2 heterocycles. The van der Waals surface area contributed by atoms with Crippen molar-refractivity contribution in [3.63, 3.8) is 0 Å². The Hall–Kier alpha value is -1.87. The Morgan fingerprint density at radius 1 is 1.18 bits per heavy atom. The molecule has 1 aromatic heterocycles. The largest absolute Gasteiger partial charge is 1.00 e. The molecule has 39 heavy (non-hydrogen) atoms. The maximum Gasteiger partial charge on any atom is 1.00 e. The summed E-state index contributed by atoms with van der Waals surface area (Å²) in [5.41, 5.74) is 2.07. The van der Waals surface area contributed by atoms with Crippen LogP contribution in [-0.2, 0) is 26.1 Å². The molecule has 0 aliphatic carbocycles. The molecule has 4 aromatic rings. The van der Waals surface area contributed by atoms with E-state index < -0.39 is 32.0 Å². The summed E-state index contributed by atoms with van der Waals surface area (Å²) in [6.45, 7) is 1.87. The molecule has 5 rings (SSSR count). The Labute approximate surface area is 258 Å². The molecule has 0 radical (unpaired) electrons. The van der Waals surface area contributed by atoms with Gasteiger partial charge in [0, 0.05) is 9.92 Å². The molecule has 200 valence electrons. The molecule has 9 nitrogen and oxygen atoms in total. The summed E-state index contributed by atoms with van der Waals surface area (Å²) >= 11 is 7.43. The fourth-order valence-electron chi connectivity index (χ4n) is 4.31. The third kappa shape index (κ3) is 6.72. The zero-order valence-electron chi connectivity index (χ0n) is 21.9. The van der Waals surface area contributed by atoms with Crippen LogP contribution in [0.3, 0.4) is 0 Å². The molecule has 0 saturated heterocycles. The summed E-state index contributed by atoms with van der Waals surface area (Å²) in [6, 6.07) is 16.0. The van der Waals surface area contributed by atoms with Crippen molar-refractivity contribution in [1.82, 2.24) is 0 Å². The first-order valence-electron chi connectivity index (χ1n) is 11.3. The second kappa shape index (κ2) is 11.6. The van der Waals surface area contributed by atoms with Gasteiger partial charge in [-0.05, 0) is 53.8 Å². The zero-order chi connectivity index (χ0) is 27.2. The minimum Gasteiger partial charge on any atom is -1.00 e. The second-order valence-corrected chi connectivity index (χ2v) is 12.9. The van der Waals surface area contributed by atoms with Crippen LogP contribution in [0.2, 0.25) is 5.02 Å². The average molecular weight is 617 g/mol. The Kier molecular flexibility index (Phi) is 8.91. The van der Waals surface area contributed by atoms with Gasteiger partial charge in [0.15, 0.2) is 16.0 Å². The van der Waals surface area contributed by atoms with Gasteiger partial charge in [0.05, 0.1) is 22.2 Å². The number of thioether (sulfide) groups is 1. The van der Waals surface area contributed by atoms with E-state index >= 15 is 0 Å². The van der Waals surface area contributed by atoms with E-state index in [1.54, 1.807) is 36.4 Å². The topological polar surface area (TPSA) is 132 Å². The molecule has 0 amide bonds. The predicted molar refractivity (Wildman–Crippen MR) is 147 cm³/mol. The first-order chi connectivity index (χ1) is 17.9. The number of hydrogen-bond donors (Lipinski definition) is 1. The van der Waals surface area contributed by atoms with Crippen LogP contribution in [0.15, 0.2) is 80.6 Å². The van der Waals surface area contributed by atoms with Gasteiger partial charge in [-0.3, -0.25) is 4.55 Å². The molecule has 14 heteroatoms. The number of allylic oxidation sites excluding steroid dienone is 2. The first-order valence-corrected chi connectivity index (χ1v) is 15.7. The van der Waals surface area contributed by atoms with Gasteiger partial charge in [-0.2, -0.15) is 8.42 Å². The molecule has 0 saturated carbocycles. The summed E-state index contributed by atoms with van der Waals surface area (Å²) in [4.78, 5) is 2.19. The average Bonchev–Trinajstić information content (AvgIpc) is 3.34. The van der Waals surface area contributed by atoms with Crippen molar-refractivity contribution in [3.8, 4) is 0 Å². The van der Waals surface area contributed by atoms with Gasteiger partial charge in [0.1, 0.15) is 0 Å². The van der Waals surface area contributed by atoms with Gasteiger partial charge in [-0.1, -0.05) is 54.6 Å². The molecule has 0 spiro atoms. The Bertz CT molecular complexity index is 1880. The van der Waals surface area contributed by atoms with Gasteiger partial charge in [-0.15, -0.1) is 4.57 Å². The van der Waals surface area contributed by atoms with Gasteiger partial charge in [0.2, 0.25) is 11.5 Å². The number of oxazole rings is 1. The molecular formula is C25H22ClN2NaO7S3. The van der Waals surface area contributed by atoms with Crippen LogP contribution < -0.4 is 39.0 Å². The third-order valence-corrected chi connectivity index (χ3v) is 8.42. The van der Waals surface area contributed by atoms with Crippen molar-refractivity contribution in [3.05, 3.63) is 82.2 Å².